The summed E-state index contributed by atoms with van der Waals surface area (Å²) in [6.45, 7) is 2.99. The molecule has 0 aromatic heterocycles. The summed E-state index contributed by atoms with van der Waals surface area (Å²) < 4.78 is 0. The van der Waals surface area contributed by atoms with E-state index in [-0.39, 0.29) is 0 Å². The molecule has 0 amide bonds. The van der Waals surface area contributed by atoms with Gasteiger partial charge in [0.05, 0.1) is 6.54 Å². The van der Waals surface area contributed by atoms with Gasteiger partial charge >= 0.3 is 0 Å². The summed E-state index contributed by atoms with van der Waals surface area (Å²) in [4.78, 5) is 3.65. The van der Waals surface area contributed by atoms with Gasteiger partial charge in [-0.2, -0.15) is 0 Å². The third-order valence-electron chi connectivity index (χ3n) is 3.34. The summed E-state index contributed by atoms with van der Waals surface area (Å²) in [5, 5.41) is 3.63. The van der Waals surface area contributed by atoms with Gasteiger partial charge in [-0.3, -0.25) is 4.90 Å². The van der Waals surface area contributed by atoms with Gasteiger partial charge in [0.15, 0.2) is 0 Å². The van der Waals surface area contributed by atoms with E-state index < -0.39 is 0 Å². The van der Waals surface area contributed by atoms with E-state index in [4.69, 9.17) is 6.42 Å². The number of rotatable bonds is 4. The molecular formula is C15H20N2S. The van der Waals surface area contributed by atoms with Crippen LogP contribution in [0.25, 0.3) is 0 Å². The molecule has 1 heterocycles. The second-order valence-electron chi connectivity index (χ2n) is 4.63. The first-order valence-electron chi connectivity index (χ1n) is 6.38. The van der Waals surface area contributed by atoms with Crippen LogP contribution in [-0.2, 0) is 0 Å². The molecule has 1 aromatic carbocycles. The number of hydrogen-bond acceptors (Lipinski definition) is 3. The van der Waals surface area contributed by atoms with Gasteiger partial charge in [0, 0.05) is 29.7 Å². The molecule has 0 atom stereocenters. The van der Waals surface area contributed by atoms with E-state index >= 15 is 0 Å². The SMILES string of the molecule is C#CCN1CCC(Nc2cccc(SC)c2)CC1. The zero-order valence-corrected chi connectivity index (χ0v) is 11.7. The average Bonchev–Trinajstić information content (AvgIpc) is 2.42. The van der Waals surface area contributed by atoms with Crippen LogP contribution < -0.4 is 5.32 Å². The average molecular weight is 260 g/mol. The van der Waals surface area contributed by atoms with Gasteiger partial charge in [-0.15, -0.1) is 18.2 Å². The molecule has 1 aromatic rings. The smallest absolute Gasteiger partial charge is 0.0598 e. The number of piperidine rings is 1. The monoisotopic (exact) mass is 260 g/mol. The fourth-order valence-electron chi connectivity index (χ4n) is 2.31. The number of terminal acetylenes is 1. The molecule has 1 aliphatic heterocycles. The maximum atomic E-state index is 5.34. The lowest BCUT2D eigenvalue weighted by Gasteiger charge is -2.31. The summed E-state index contributed by atoms with van der Waals surface area (Å²) >= 11 is 1.78. The van der Waals surface area contributed by atoms with Crippen molar-refractivity contribution in [3.05, 3.63) is 24.3 Å². The van der Waals surface area contributed by atoms with E-state index in [2.05, 4.69) is 46.7 Å². The minimum absolute atomic E-state index is 0.580. The largest absolute Gasteiger partial charge is 0.382 e. The third-order valence-corrected chi connectivity index (χ3v) is 4.07. The molecule has 0 saturated carbocycles. The molecule has 0 unspecified atom stereocenters. The summed E-state index contributed by atoms with van der Waals surface area (Å²) in [6.07, 6.45) is 9.79. The third kappa shape index (κ3) is 3.69. The Hall–Kier alpha value is -1.11. The fraction of sp³-hybridized carbons (Fsp3) is 0.467. The van der Waals surface area contributed by atoms with E-state index in [1.807, 2.05) is 0 Å². The first kappa shape index (κ1) is 13.3. The van der Waals surface area contributed by atoms with Crippen molar-refractivity contribution in [1.82, 2.24) is 4.90 Å². The highest BCUT2D eigenvalue weighted by Crippen LogP contribution is 2.21. The zero-order chi connectivity index (χ0) is 12.8. The molecule has 2 rings (SSSR count). The standard InChI is InChI=1S/C15H20N2S/c1-3-9-17-10-7-13(8-11-17)16-14-5-4-6-15(12-14)18-2/h1,4-6,12-13,16H,7-11H2,2H3. The van der Waals surface area contributed by atoms with Crippen molar-refractivity contribution in [2.24, 2.45) is 0 Å². The molecule has 0 spiro atoms. The van der Waals surface area contributed by atoms with Gasteiger partial charge in [0.1, 0.15) is 0 Å². The predicted molar refractivity (Wildman–Crippen MR) is 80.1 cm³/mol. The Balaban J connectivity index is 1.86. The second kappa shape index (κ2) is 6.72. The van der Waals surface area contributed by atoms with Crippen molar-refractivity contribution in [2.75, 3.05) is 31.2 Å². The summed E-state index contributed by atoms with van der Waals surface area (Å²) in [6, 6.07) is 9.20. The topological polar surface area (TPSA) is 15.3 Å². The van der Waals surface area contributed by atoms with Gasteiger partial charge in [-0.05, 0) is 37.3 Å². The Labute approximate surface area is 114 Å². The molecule has 0 radical (unpaired) electrons. The summed E-state index contributed by atoms with van der Waals surface area (Å²) in [7, 11) is 0. The quantitative estimate of drug-likeness (QED) is 0.662. The molecule has 3 heteroatoms. The highest BCUT2D eigenvalue weighted by atomic mass is 32.2. The van der Waals surface area contributed by atoms with Gasteiger partial charge in [0.2, 0.25) is 0 Å². The lowest BCUT2D eigenvalue weighted by atomic mass is 10.0. The van der Waals surface area contributed by atoms with Crippen LogP contribution in [-0.4, -0.2) is 36.8 Å². The molecule has 96 valence electrons. The number of anilines is 1. The molecule has 1 saturated heterocycles. The summed E-state index contributed by atoms with van der Waals surface area (Å²) in [5.41, 5.74) is 1.23. The van der Waals surface area contributed by atoms with Crippen LogP contribution in [0.5, 0.6) is 0 Å². The van der Waals surface area contributed by atoms with Crippen LogP contribution in [0.1, 0.15) is 12.8 Å². The van der Waals surface area contributed by atoms with Crippen LogP contribution in [0, 0.1) is 12.3 Å². The highest BCUT2D eigenvalue weighted by Gasteiger charge is 2.18. The van der Waals surface area contributed by atoms with E-state index in [9.17, 15) is 0 Å². The fourth-order valence-corrected chi connectivity index (χ4v) is 2.77. The minimum Gasteiger partial charge on any atom is -0.382 e. The van der Waals surface area contributed by atoms with Crippen LogP contribution in [0.15, 0.2) is 29.2 Å². The van der Waals surface area contributed by atoms with Gasteiger partial charge < -0.3 is 5.32 Å². The van der Waals surface area contributed by atoms with Crippen molar-refractivity contribution in [3.63, 3.8) is 0 Å². The van der Waals surface area contributed by atoms with Gasteiger partial charge in [-0.25, -0.2) is 0 Å². The van der Waals surface area contributed by atoms with E-state index in [0.29, 0.717) is 6.04 Å². The number of likely N-dealkylation sites (tertiary alicyclic amines) is 1. The summed E-state index contributed by atoms with van der Waals surface area (Å²) in [5.74, 6) is 2.72. The number of nitrogens with one attached hydrogen (secondary N) is 1. The lowest BCUT2D eigenvalue weighted by Crippen LogP contribution is -2.39. The Kier molecular flexibility index (Phi) is 4.98. The van der Waals surface area contributed by atoms with Crippen molar-refractivity contribution >= 4 is 17.4 Å². The molecule has 2 nitrogen and oxygen atoms in total. The number of benzene rings is 1. The second-order valence-corrected chi connectivity index (χ2v) is 5.51. The molecule has 1 N–H and O–H groups in total. The van der Waals surface area contributed by atoms with E-state index in [0.717, 1.165) is 19.6 Å². The maximum absolute atomic E-state index is 5.34. The Morgan fingerprint density at radius 3 is 2.89 bits per heavy atom. The number of thioether (sulfide) groups is 1. The highest BCUT2D eigenvalue weighted by molar-refractivity contribution is 7.98. The molecule has 0 bridgehead atoms. The van der Waals surface area contributed by atoms with Crippen LogP contribution in [0.4, 0.5) is 5.69 Å². The van der Waals surface area contributed by atoms with E-state index in [1.54, 1.807) is 11.8 Å². The van der Waals surface area contributed by atoms with Crippen molar-refractivity contribution in [3.8, 4) is 12.3 Å². The van der Waals surface area contributed by atoms with Crippen molar-refractivity contribution < 1.29 is 0 Å². The molecule has 1 fully saturated rings. The van der Waals surface area contributed by atoms with Crippen LogP contribution >= 0.6 is 11.8 Å². The first-order valence-corrected chi connectivity index (χ1v) is 7.60. The molecule has 0 aliphatic carbocycles. The minimum atomic E-state index is 0.580. The Bertz CT molecular complexity index is 417. The van der Waals surface area contributed by atoms with Crippen LogP contribution in [0.3, 0.4) is 0 Å². The van der Waals surface area contributed by atoms with Gasteiger partial charge in [-0.1, -0.05) is 12.0 Å². The zero-order valence-electron chi connectivity index (χ0n) is 10.9. The molecule has 1 aliphatic rings. The van der Waals surface area contributed by atoms with Crippen molar-refractivity contribution in [1.29, 1.82) is 0 Å². The molecule has 18 heavy (non-hydrogen) atoms. The lowest BCUT2D eigenvalue weighted by molar-refractivity contribution is 0.243. The molecular weight excluding hydrogens is 240 g/mol. The first-order chi connectivity index (χ1) is 8.81. The Morgan fingerprint density at radius 2 is 2.22 bits per heavy atom. The predicted octanol–water partition coefficient (Wildman–Crippen LogP) is 2.92. The van der Waals surface area contributed by atoms with E-state index in [1.165, 1.54) is 23.4 Å². The Morgan fingerprint density at radius 1 is 1.44 bits per heavy atom. The number of hydrogen-bond donors (Lipinski definition) is 1. The maximum Gasteiger partial charge on any atom is 0.0598 e. The van der Waals surface area contributed by atoms with Gasteiger partial charge in [0.25, 0.3) is 0 Å². The normalized spacial score (nSPS) is 17.3. The number of nitrogens with zero attached hydrogens (tertiary/aromatic N) is 1. The van der Waals surface area contributed by atoms with Crippen molar-refractivity contribution in [2.45, 2.75) is 23.8 Å². The van der Waals surface area contributed by atoms with Crippen LogP contribution in [0.2, 0.25) is 0 Å².